The summed E-state index contributed by atoms with van der Waals surface area (Å²) >= 11 is 1.47. The lowest BCUT2D eigenvalue weighted by atomic mass is 9.92. The van der Waals surface area contributed by atoms with Gasteiger partial charge in [0.15, 0.2) is 5.13 Å². The molecule has 4 heterocycles. The van der Waals surface area contributed by atoms with Gasteiger partial charge in [0.25, 0.3) is 0 Å². The van der Waals surface area contributed by atoms with Gasteiger partial charge in [-0.25, -0.2) is 28.8 Å². The van der Waals surface area contributed by atoms with Crippen LogP contribution in [-0.4, -0.2) is 43.2 Å². The number of aromatic nitrogens is 5. The third-order valence-corrected chi connectivity index (χ3v) is 7.90. The standard InChI is InChI=1S/C31H29FN8O3S/c1-31(2,3)25-15-26(40(38-25)23-8-5-4-7-22(23)32)37-28(42)36-20-16-33-29(34-17-20)43-21-12-10-19(11-13-21)24-18-35-30(44-24)39-14-6-9-27(39)41/h4-5,7-8,10-13,15-18H,6,9,14H2,1-3H3,(H2,36,37,42). The predicted octanol–water partition coefficient (Wildman–Crippen LogP) is 6.79. The normalized spacial score (nSPS) is 13.3. The first-order chi connectivity index (χ1) is 21.1. The van der Waals surface area contributed by atoms with Crippen LogP contribution in [0.15, 0.2) is 73.2 Å². The van der Waals surface area contributed by atoms with Crippen molar-refractivity contribution in [3.63, 3.8) is 0 Å². The monoisotopic (exact) mass is 612 g/mol. The van der Waals surface area contributed by atoms with Gasteiger partial charge in [-0.05, 0) is 48.4 Å². The minimum absolute atomic E-state index is 0.101. The number of hydrogen-bond acceptors (Lipinski definition) is 8. The summed E-state index contributed by atoms with van der Waals surface area (Å²) in [5, 5.41) is 10.7. The summed E-state index contributed by atoms with van der Waals surface area (Å²) in [5.41, 5.74) is 1.85. The summed E-state index contributed by atoms with van der Waals surface area (Å²) in [6, 6.07) is 14.8. The second-order valence-corrected chi connectivity index (χ2v) is 12.2. The first kappa shape index (κ1) is 28.9. The molecule has 1 saturated heterocycles. The Balaban J connectivity index is 1.09. The lowest BCUT2D eigenvalue weighted by Gasteiger charge is -2.14. The highest BCUT2D eigenvalue weighted by atomic mass is 32.1. The molecule has 3 aromatic heterocycles. The fourth-order valence-corrected chi connectivity index (χ4v) is 5.49. The number of hydrogen-bond donors (Lipinski definition) is 2. The van der Waals surface area contributed by atoms with Gasteiger partial charge in [0.2, 0.25) is 5.91 Å². The van der Waals surface area contributed by atoms with E-state index in [0.717, 1.165) is 16.9 Å². The number of carbonyl (C=O) groups is 2. The van der Waals surface area contributed by atoms with Crippen LogP contribution in [0, 0.1) is 5.82 Å². The van der Waals surface area contributed by atoms with E-state index in [1.165, 1.54) is 34.5 Å². The van der Waals surface area contributed by atoms with Crippen LogP contribution in [0.3, 0.4) is 0 Å². The van der Waals surface area contributed by atoms with Crippen LogP contribution in [0.5, 0.6) is 11.8 Å². The number of carbonyl (C=O) groups excluding carboxylic acids is 2. The van der Waals surface area contributed by atoms with E-state index < -0.39 is 11.8 Å². The number of para-hydroxylation sites is 1. The number of amides is 3. The molecular weight excluding hydrogens is 583 g/mol. The summed E-state index contributed by atoms with van der Waals surface area (Å²) in [6.45, 7) is 6.65. The Hall–Kier alpha value is -5.17. The molecule has 0 spiro atoms. The Morgan fingerprint density at radius 3 is 2.43 bits per heavy atom. The Bertz CT molecular complexity index is 1810. The van der Waals surface area contributed by atoms with E-state index in [2.05, 4.69) is 30.7 Å². The molecule has 44 heavy (non-hydrogen) atoms. The number of nitrogens with one attached hydrogen (secondary N) is 2. The maximum atomic E-state index is 14.6. The van der Waals surface area contributed by atoms with Crippen LogP contribution in [-0.2, 0) is 10.2 Å². The molecule has 2 aromatic carbocycles. The second-order valence-electron chi connectivity index (χ2n) is 11.1. The molecule has 0 aliphatic carbocycles. The van der Waals surface area contributed by atoms with E-state index in [1.807, 2.05) is 32.9 Å². The molecular formula is C31H29FN8O3S. The third kappa shape index (κ3) is 6.27. The van der Waals surface area contributed by atoms with Gasteiger partial charge in [0, 0.05) is 30.6 Å². The van der Waals surface area contributed by atoms with E-state index >= 15 is 0 Å². The number of benzene rings is 2. The fraction of sp³-hybridized carbons (Fsp3) is 0.226. The Kier molecular flexibility index (Phi) is 7.78. The summed E-state index contributed by atoms with van der Waals surface area (Å²) < 4.78 is 21.7. The maximum absolute atomic E-state index is 14.6. The summed E-state index contributed by atoms with van der Waals surface area (Å²) in [7, 11) is 0. The molecule has 0 saturated carbocycles. The maximum Gasteiger partial charge on any atom is 0.324 e. The number of ether oxygens (including phenoxy) is 1. The molecule has 1 fully saturated rings. The topological polar surface area (TPSA) is 127 Å². The van der Waals surface area contributed by atoms with Gasteiger partial charge in [0.1, 0.15) is 23.1 Å². The van der Waals surface area contributed by atoms with Crippen molar-refractivity contribution in [3.05, 3.63) is 84.7 Å². The van der Waals surface area contributed by atoms with Crippen molar-refractivity contribution < 1.29 is 18.7 Å². The van der Waals surface area contributed by atoms with Crippen molar-refractivity contribution in [2.24, 2.45) is 0 Å². The Morgan fingerprint density at radius 2 is 1.75 bits per heavy atom. The zero-order chi connectivity index (χ0) is 30.8. The number of thiazole rings is 1. The molecule has 1 aliphatic heterocycles. The lowest BCUT2D eigenvalue weighted by Crippen LogP contribution is -2.23. The van der Waals surface area contributed by atoms with Crippen LogP contribution < -0.4 is 20.3 Å². The number of anilines is 3. The molecule has 6 rings (SSSR count). The van der Waals surface area contributed by atoms with Crippen LogP contribution >= 0.6 is 11.3 Å². The molecule has 5 aromatic rings. The van der Waals surface area contributed by atoms with E-state index in [0.29, 0.717) is 41.0 Å². The average molecular weight is 613 g/mol. The number of nitrogens with zero attached hydrogens (tertiary/aromatic N) is 6. The predicted molar refractivity (Wildman–Crippen MR) is 166 cm³/mol. The van der Waals surface area contributed by atoms with Crippen molar-refractivity contribution >= 4 is 39.9 Å². The highest BCUT2D eigenvalue weighted by Crippen LogP contribution is 2.34. The molecule has 0 atom stereocenters. The lowest BCUT2D eigenvalue weighted by molar-refractivity contribution is -0.117. The average Bonchev–Trinajstić information content (AvgIpc) is 3.75. The first-order valence-electron chi connectivity index (χ1n) is 13.9. The van der Waals surface area contributed by atoms with E-state index in [4.69, 9.17) is 4.74 Å². The second kappa shape index (κ2) is 11.8. The van der Waals surface area contributed by atoms with Crippen molar-refractivity contribution in [2.45, 2.75) is 39.0 Å². The molecule has 1 aliphatic rings. The fourth-order valence-electron chi connectivity index (χ4n) is 4.52. The zero-order valence-electron chi connectivity index (χ0n) is 24.2. The van der Waals surface area contributed by atoms with Gasteiger partial charge in [-0.1, -0.05) is 44.2 Å². The summed E-state index contributed by atoms with van der Waals surface area (Å²) in [6.07, 6.45) is 6.03. The smallest absolute Gasteiger partial charge is 0.324 e. The Labute approximate surface area is 256 Å². The number of rotatable bonds is 7. The van der Waals surface area contributed by atoms with E-state index in [-0.39, 0.29) is 23.0 Å². The quantitative estimate of drug-likeness (QED) is 0.207. The molecule has 0 bridgehead atoms. The van der Waals surface area contributed by atoms with Gasteiger partial charge in [-0.15, -0.1) is 0 Å². The largest absolute Gasteiger partial charge is 0.424 e. The van der Waals surface area contributed by atoms with Gasteiger partial charge >= 0.3 is 12.0 Å². The minimum atomic E-state index is -0.573. The molecule has 224 valence electrons. The van der Waals surface area contributed by atoms with Crippen LogP contribution in [0.4, 0.5) is 25.8 Å². The van der Waals surface area contributed by atoms with Gasteiger partial charge in [-0.2, -0.15) is 5.10 Å². The third-order valence-electron chi connectivity index (χ3n) is 6.83. The first-order valence-corrected chi connectivity index (χ1v) is 14.8. The zero-order valence-corrected chi connectivity index (χ0v) is 25.1. The number of urea groups is 1. The highest BCUT2D eigenvalue weighted by molar-refractivity contribution is 7.19. The van der Waals surface area contributed by atoms with Gasteiger partial charge in [-0.3, -0.25) is 15.0 Å². The minimum Gasteiger partial charge on any atom is -0.424 e. The van der Waals surface area contributed by atoms with Crippen molar-refractivity contribution in [2.75, 3.05) is 22.1 Å². The van der Waals surface area contributed by atoms with E-state index in [1.54, 1.807) is 47.5 Å². The van der Waals surface area contributed by atoms with Gasteiger partial charge < -0.3 is 10.1 Å². The SMILES string of the molecule is CC(C)(C)c1cc(NC(=O)Nc2cnc(Oc3ccc(-c4cnc(N5CCCC5=O)s4)cc3)nc2)n(-c2ccccc2F)n1. The molecule has 11 nitrogen and oxygen atoms in total. The van der Waals surface area contributed by atoms with Crippen LogP contribution in [0.2, 0.25) is 0 Å². The summed E-state index contributed by atoms with van der Waals surface area (Å²) in [5.74, 6) is 0.480. The molecule has 3 amide bonds. The summed E-state index contributed by atoms with van der Waals surface area (Å²) in [4.78, 5) is 40.4. The molecule has 2 N–H and O–H groups in total. The van der Waals surface area contributed by atoms with Crippen molar-refractivity contribution in [1.29, 1.82) is 0 Å². The van der Waals surface area contributed by atoms with Crippen molar-refractivity contribution in [3.8, 4) is 27.9 Å². The number of halogens is 1. The van der Waals surface area contributed by atoms with E-state index in [9.17, 15) is 14.0 Å². The molecule has 0 unspecified atom stereocenters. The molecule has 13 heteroatoms. The van der Waals surface area contributed by atoms with Crippen molar-refractivity contribution in [1.82, 2.24) is 24.7 Å². The molecule has 0 radical (unpaired) electrons. The van der Waals surface area contributed by atoms with Gasteiger partial charge in [0.05, 0.1) is 28.7 Å². The van der Waals surface area contributed by atoms with Crippen LogP contribution in [0.1, 0.15) is 39.3 Å². The highest BCUT2D eigenvalue weighted by Gasteiger charge is 2.25. The Morgan fingerprint density at radius 1 is 1.00 bits per heavy atom. The van der Waals surface area contributed by atoms with Crippen LogP contribution in [0.25, 0.3) is 16.1 Å².